The van der Waals surface area contributed by atoms with Crippen LogP contribution in [0.2, 0.25) is 5.02 Å². The Labute approximate surface area is 183 Å². The Balaban J connectivity index is 1.50. The van der Waals surface area contributed by atoms with E-state index in [1.54, 1.807) is 11.9 Å². The number of hydrogen-bond acceptors (Lipinski definition) is 4. The van der Waals surface area contributed by atoms with Gasteiger partial charge in [-0.15, -0.1) is 0 Å². The zero-order chi connectivity index (χ0) is 21.0. The molecule has 6 heteroatoms. The maximum absolute atomic E-state index is 12.9. The van der Waals surface area contributed by atoms with Gasteiger partial charge in [0.1, 0.15) is 5.75 Å². The quantitative estimate of drug-likeness (QED) is 0.620. The van der Waals surface area contributed by atoms with Crippen LogP contribution in [0.1, 0.15) is 37.8 Å². The van der Waals surface area contributed by atoms with Gasteiger partial charge in [0.25, 0.3) is 5.91 Å². The number of nitrogens with zero attached hydrogens (tertiary/aromatic N) is 1. The summed E-state index contributed by atoms with van der Waals surface area (Å²) >= 11 is 7.69. The van der Waals surface area contributed by atoms with Crippen molar-refractivity contribution in [2.75, 3.05) is 13.1 Å². The van der Waals surface area contributed by atoms with E-state index in [-0.39, 0.29) is 11.9 Å². The van der Waals surface area contributed by atoms with E-state index in [0.717, 1.165) is 47.8 Å². The summed E-state index contributed by atoms with van der Waals surface area (Å²) in [5.41, 5.74) is 1.23. The van der Waals surface area contributed by atoms with Crippen LogP contribution in [0, 0.1) is 13.8 Å². The summed E-state index contributed by atoms with van der Waals surface area (Å²) in [6, 6.07) is 14.1. The summed E-state index contributed by atoms with van der Waals surface area (Å²) in [4.78, 5) is 14.1. The van der Waals surface area contributed by atoms with Gasteiger partial charge in [0.2, 0.25) is 0 Å². The standard InChI is InChI=1S/C23H29ClN2O2S/c1-16-5-6-17(2)21(15-16)28-23(3,4)22(27)25-19-11-13-26(14-12-19)29-20-9-7-18(24)8-10-20/h5-10,15,19H,11-14H2,1-4H3,(H,25,27). The van der Waals surface area contributed by atoms with E-state index in [9.17, 15) is 4.79 Å². The first-order chi connectivity index (χ1) is 13.7. The molecule has 1 fully saturated rings. The molecule has 1 saturated heterocycles. The van der Waals surface area contributed by atoms with Crippen molar-refractivity contribution in [1.29, 1.82) is 0 Å². The van der Waals surface area contributed by atoms with Gasteiger partial charge in [0, 0.05) is 29.0 Å². The Bertz CT molecular complexity index is 846. The van der Waals surface area contributed by atoms with Crippen molar-refractivity contribution in [3.8, 4) is 5.75 Å². The van der Waals surface area contributed by atoms with Crippen LogP contribution in [-0.2, 0) is 4.79 Å². The molecule has 1 N–H and O–H groups in total. The second kappa shape index (κ2) is 9.41. The predicted octanol–water partition coefficient (Wildman–Crippen LogP) is 5.40. The van der Waals surface area contributed by atoms with Gasteiger partial charge in [0.15, 0.2) is 5.60 Å². The van der Waals surface area contributed by atoms with Crippen molar-refractivity contribution < 1.29 is 9.53 Å². The summed E-state index contributed by atoms with van der Waals surface area (Å²) in [5, 5.41) is 3.94. The van der Waals surface area contributed by atoms with Gasteiger partial charge in [-0.2, -0.15) is 0 Å². The molecule has 2 aromatic carbocycles. The number of carbonyl (C=O) groups excluding carboxylic acids is 1. The van der Waals surface area contributed by atoms with Crippen LogP contribution in [0.4, 0.5) is 0 Å². The number of carbonyl (C=O) groups is 1. The van der Waals surface area contributed by atoms with Crippen molar-refractivity contribution >= 4 is 29.5 Å². The lowest BCUT2D eigenvalue weighted by atomic mass is 10.0. The van der Waals surface area contributed by atoms with E-state index in [4.69, 9.17) is 16.3 Å². The topological polar surface area (TPSA) is 41.6 Å². The highest BCUT2D eigenvalue weighted by molar-refractivity contribution is 7.97. The molecule has 4 nitrogen and oxygen atoms in total. The molecule has 0 spiro atoms. The molecule has 1 heterocycles. The van der Waals surface area contributed by atoms with E-state index in [1.165, 1.54) is 4.90 Å². The minimum atomic E-state index is -0.923. The monoisotopic (exact) mass is 432 g/mol. The SMILES string of the molecule is Cc1ccc(C)c(OC(C)(C)C(=O)NC2CCN(Sc3ccc(Cl)cc3)CC2)c1. The highest BCUT2D eigenvalue weighted by Gasteiger charge is 2.33. The molecule has 2 aromatic rings. The van der Waals surface area contributed by atoms with Crippen LogP contribution in [-0.4, -0.2) is 34.9 Å². The van der Waals surface area contributed by atoms with Gasteiger partial charge in [0.05, 0.1) is 0 Å². The number of amides is 1. The van der Waals surface area contributed by atoms with Crippen molar-refractivity contribution in [3.63, 3.8) is 0 Å². The van der Waals surface area contributed by atoms with Gasteiger partial charge < -0.3 is 10.1 Å². The highest BCUT2D eigenvalue weighted by atomic mass is 35.5. The van der Waals surface area contributed by atoms with Crippen molar-refractivity contribution in [3.05, 3.63) is 58.6 Å². The molecule has 3 rings (SSSR count). The lowest BCUT2D eigenvalue weighted by molar-refractivity contribution is -0.135. The van der Waals surface area contributed by atoms with Crippen LogP contribution < -0.4 is 10.1 Å². The molecule has 0 saturated carbocycles. The summed E-state index contributed by atoms with van der Waals surface area (Å²) < 4.78 is 8.43. The van der Waals surface area contributed by atoms with Gasteiger partial charge >= 0.3 is 0 Å². The smallest absolute Gasteiger partial charge is 0.263 e. The van der Waals surface area contributed by atoms with E-state index in [1.807, 2.05) is 70.2 Å². The maximum Gasteiger partial charge on any atom is 0.263 e. The lowest BCUT2D eigenvalue weighted by Crippen LogP contribution is -2.52. The van der Waals surface area contributed by atoms with E-state index in [2.05, 4.69) is 9.62 Å². The fourth-order valence-electron chi connectivity index (χ4n) is 3.23. The molecule has 1 amide bonds. The fourth-order valence-corrected chi connectivity index (χ4v) is 4.31. The van der Waals surface area contributed by atoms with Crippen molar-refractivity contribution in [2.45, 2.75) is 57.1 Å². The molecule has 0 aliphatic carbocycles. The largest absolute Gasteiger partial charge is 0.478 e. The minimum Gasteiger partial charge on any atom is -0.478 e. The molecule has 0 aromatic heterocycles. The average Bonchev–Trinajstić information content (AvgIpc) is 2.68. The number of ether oxygens (including phenoxy) is 1. The second-order valence-electron chi connectivity index (χ2n) is 8.10. The summed E-state index contributed by atoms with van der Waals surface area (Å²) in [6.07, 6.45) is 1.85. The Morgan fingerprint density at radius 3 is 2.45 bits per heavy atom. The van der Waals surface area contributed by atoms with Gasteiger partial charge in [-0.3, -0.25) is 4.79 Å². The van der Waals surface area contributed by atoms with Crippen molar-refractivity contribution in [1.82, 2.24) is 9.62 Å². The third-order valence-corrected chi connectivity index (χ3v) is 6.45. The highest BCUT2D eigenvalue weighted by Crippen LogP contribution is 2.28. The summed E-state index contributed by atoms with van der Waals surface area (Å²) in [5.74, 6) is 0.696. The fraction of sp³-hybridized carbons (Fsp3) is 0.435. The molecule has 0 atom stereocenters. The average molecular weight is 433 g/mol. The van der Waals surface area contributed by atoms with Crippen molar-refractivity contribution in [2.24, 2.45) is 0 Å². The molecular formula is C23H29ClN2O2S. The van der Waals surface area contributed by atoms with E-state index in [0.29, 0.717) is 0 Å². The van der Waals surface area contributed by atoms with E-state index >= 15 is 0 Å². The number of benzene rings is 2. The van der Waals surface area contributed by atoms with Crippen LogP contribution in [0.3, 0.4) is 0 Å². The zero-order valence-electron chi connectivity index (χ0n) is 17.5. The van der Waals surface area contributed by atoms with Gasteiger partial charge in [-0.05, 0) is 93.9 Å². The molecule has 1 aliphatic rings. The first-order valence-corrected chi connectivity index (χ1v) is 11.1. The summed E-state index contributed by atoms with van der Waals surface area (Å²) in [7, 11) is 0. The number of piperidine rings is 1. The number of hydrogen-bond donors (Lipinski definition) is 1. The minimum absolute atomic E-state index is 0.0674. The first-order valence-electron chi connectivity index (χ1n) is 9.99. The lowest BCUT2D eigenvalue weighted by Gasteiger charge is -2.34. The van der Waals surface area contributed by atoms with Crippen LogP contribution in [0.15, 0.2) is 47.4 Å². The molecule has 1 aliphatic heterocycles. The Morgan fingerprint density at radius 2 is 1.79 bits per heavy atom. The van der Waals surface area contributed by atoms with Gasteiger partial charge in [-0.1, -0.05) is 23.7 Å². The predicted molar refractivity (Wildman–Crippen MR) is 121 cm³/mol. The van der Waals surface area contributed by atoms with Gasteiger partial charge in [-0.25, -0.2) is 4.31 Å². The van der Waals surface area contributed by atoms with Crippen LogP contribution >= 0.6 is 23.5 Å². The summed E-state index contributed by atoms with van der Waals surface area (Å²) in [6.45, 7) is 9.53. The molecule has 0 radical (unpaired) electrons. The maximum atomic E-state index is 12.9. The second-order valence-corrected chi connectivity index (χ2v) is 9.71. The number of halogens is 1. The molecule has 0 bridgehead atoms. The number of rotatable bonds is 6. The van der Waals surface area contributed by atoms with Crippen LogP contribution in [0.25, 0.3) is 0 Å². The first kappa shape index (κ1) is 22.0. The zero-order valence-corrected chi connectivity index (χ0v) is 19.1. The normalized spacial score (nSPS) is 15.9. The molecular weight excluding hydrogens is 404 g/mol. The third-order valence-electron chi connectivity index (χ3n) is 5.09. The Morgan fingerprint density at radius 1 is 1.14 bits per heavy atom. The molecule has 29 heavy (non-hydrogen) atoms. The third kappa shape index (κ3) is 6.14. The number of nitrogens with one attached hydrogen (secondary N) is 1. The number of aryl methyl sites for hydroxylation is 2. The molecule has 0 unspecified atom stereocenters. The van der Waals surface area contributed by atoms with E-state index < -0.39 is 5.60 Å². The Hall–Kier alpha value is -1.69. The van der Waals surface area contributed by atoms with Crippen LogP contribution in [0.5, 0.6) is 5.75 Å². The Kier molecular flexibility index (Phi) is 7.14. The molecule has 156 valence electrons.